The van der Waals surface area contributed by atoms with E-state index in [0.29, 0.717) is 12.4 Å². The van der Waals surface area contributed by atoms with E-state index < -0.39 is 0 Å². The molecule has 3 heteroatoms. The first-order valence-electron chi connectivity index (χ1n) is 5.30. The molecule has 1 atom stereocenters. The Morgan fingerprint density at radius 3 is 2.73 bits per heavy atom. The zero-order valence-electron chi connectivity index (χ0n) is 9.02. The van der Waals surface area contributed by atoms with Gasteiger partial charge in [-0.1, -0.05) is 25.1 Å². The third kappa shape index (κ3) is 3.76. The van der Waals surface area contributed by atoms with Gasteiger partial charge in [0.2, 0.25) is 0 Å². The fraction of sp³-hybridized carbons (Fsp3) is 0.500. The number of ether oxygens (including phenoxy) is 1. The first-order valence-corrected chi connectivity index (χ1v) is 5.93. The lowest BCUT2D eigenvalue weighted by molar-refractivity contribution is 0.0494. The van der Waals surface area contributed by atoms with Gasteiger partial charge in [0.05, 0.1) is 6.10 Å². The van der Waals surface area contributed by atoms with E-state index in [2.05, 4.69) is 19.6 Å². The summed E-state index contributed by atoms with van der Waals surface area (Å²) in [5, 5.41) is 9.67. The Hall–Kier alpha value is -0.670. The lowest BCUT2D eigenvalue weighted by Gasteiger charge is -2.17. The van der Waals surface area contributed by atoms with Crippen molar-refractivity contribution in [1.29, 1.82) is 0 Å². The summed E-state index contributed by atoms with van der Waals surface area (Å²) in [4.78, 5) is 0. The van der Waals surface area contributed by atoms with Crippen LogP contribution < -0.4 is 0 Å². The molecule has 0 spiro atoms. The van der Waals surface area contributed by atoms with Crippen molar-refractivity contribution in [2.45, 2.75) is 25.9 Å². The van der Waals surface area contributed by atoms with E-state index in [4.69, 9.17) is 4.74 Å². The number of benzene rings is 1. The Bertz CT molecular complexity index is 289. The third-order valence-corrected chi connectivity index (χ3v) is 2.59. The summed E-state index contributed by atoms with van der Waals surface area (Å²) >= 11 is 4.13. The van der Waals surface area contributed by atoms with Crippen LogP contribution in [0.3, 0.4) is 0 Å². The summed E-state index contributed by atoms with van der Waals surface area (Å²) in [6, 6.07) is 7.34. The van der Waals surface area contributed by atoms with Gasteiger partial charge < -0.3 is 9.84 Å². The van der Waals surface area contributed by atoms with Crippen molar-refractivity contribution in [3.8, 4) is 5.75 Å². The van der Waals surface area contributed by atoms with Crippen LogP contribution in [-0.4, -0.2) is 17.5 Å². The zero-order valence-corrected chi connectivity index (χ0v) is 9.91. The van der Waals surface area contributed by atoms with Gasteiger partial charge in [0.25, 0.3) is 0 Å². The average molecular weight is 226 g/mol. The van der Waals surface area contributed by atoms with Crippen molar-refractivity contribution in [3.63, 3.8) is 0 Å². The zero-order chi connectivity index (χ0) is 11.1. The van der Waals surface area contributed by atoms with Crippen molar-refractivity contribution in [3.05, 3.63) is 29.8 Å². The van der Waals surface area contributed by atoms with Gasteiger partial charge >= 0.3 is 0 Å². The maximum absolute atomic E-state index is 9.67. The van der Waals surface area contributed by atoms with Gasteiger partial charge in [-0.15, -0.1) is 0 Å². The predicted molar refractivity (Wildman–Crippen MR) is 65.6 cm³/mol. The fourth-order valence-corrected chi connectivity index (χ4v) is 1.61. The van der Waals surface area contributed by atoms with Crippen molar-refractivity contribution in [1.82, 2.24) is 0 Å². The maximum atomic E-state index is 9.67. The fourth-order valence-electron chi connectivity index (χ4n) is 1.48. The van der Waals surface area contributed by atoms with Crippen LogP contribution in [0.2, 0.25) is 0 Å². The van der Waals surface area contributed by atoms with Crippen LogP contribution in [0.4, 0.5) is 0 Å². The highest BCUT2D eigenvalue weighted by Crippen LogP contribution is 2.28. The lowest BCUT2D eigenvalue weighted by atomic mass is 10.1. The van der Waals surface area contributed by atoms with E-state index in [0.717, 1.165) is 24.2 Å². The highest BCUT2D eigenvalue weighted by molar-refractivity contribution is 7.80. The van der Waals surface area contributed by atoms with E-state index in [1.54, 1.807) is 6.07 Å². The number of aromatic hydroxyl groups is 1. The quantitative estimate of drug-likeness (QED) is 0.576. The van der Waals surface area contributed by atoms with Crippen LogP contribution in [0.1, 0.15) is 31.4 Å². The second-order valence-corrected chi connectivity index (χ2v) is 3.85. The Morgan fingerprint density at radius 2 is 2.13 bits per heavy atom. The van der Waals surface area contributed by atoms with Gasteiger partial charge in [0.15, 0.2) is 0 Å². The van der Waals surface area contributed by atoms with Gasteiger partial charge in [-0.25, -0.2) is 0 Å². The van der Waals surface area contributed by atoms with E-state index in [9.17, 15) is 5.11 Å². The molecule has 15 heavy (non-hydrogen) atoms. The molecule has 1 rings (SSSR count). The van der Waals surface area contributed by atoms with Crippen LogP contribution in [0, 0.1) is 0 Å². The first-order chi connectivity index (χ1) is 7.29. The van der Waals surface area contributed by atoms with Gasteiger partial charge in [-0.2, -0.15) is 12.6 Å². The van der Waals surface area contributed by atoms with Crippen molar-refractivity contribution in [2.75, 3.05) is 12.4 Å². The second kappa shape index (κ2) is 6.75. The Morgan fingerprint density at radius 1 is 1.40 bits per heavy atom. The standard InChI is InChI=1S/C12H18O2S/c1-2-12(14-8-5-9-15)10-6-3-4-7-11(10)13/h3-4,6-7,12-13,15H,2,5,8-9H2,1H3. The monoisotopic (exact) mass is 226 g/mol. The summed E-state index contributed by atoms with van der Waals surface area (Å²) in [7, 11) is 0. The van der Waals surface area contributed by atoms with Crippen molar-refractivity contribution in [2.24, 2.45) is 0 Å². The van der Waals surface area contributed by atoms with Crippen LogP contribution in [-0.2, 0) is 4.74 Å². The summed E-state index contributed by atoms with van der Waals surface area (Å²) < 4.78 is 5.69. The molecule has 1 N–H and O–H groups in total. The molecule has 1 aromatic carbocycles. The Balaban J connectivity index is 2.61. The molecule has 0 aromatic heterocycles. The highest BCUT2D eigenvalue weighted by atomic mass is 32.1. The number of rotatable bonds is 6. The SMILES string of the molecule is CCC(OCCCS)c1ccccc1O. The number of thiol groups is 1. The molecule has 84 valence electrons. The Labute approximate surface area is 96.7 Å². The van der Waals surface area contributed by atoms with Gasteiger partial charge in [-0.05, 0) is 24.7 Å². The largest absolute Gasteiger partial charge is 0.508 e. The number of para-hydroxylation sites is 1. The summed E-state index contributed by atoms with van der Waals surface area (Å²) in [6.07, 6.45) is 1.79. The normalized spacial score (nSPS) is 12.7. The minimum atomic E-state index is -0.00826. The molecular weight excluding hydrogens is 208 g/mol. The third-order valence-electron chi connectivity index (χ3n) is 2.28. The van der Waals surface area contributed by atoms with Gasteiger partial charge in [0, 0.05) is 12.2 Å². The minimum Gasteiger partial charge on any atom is -0.508 e. The molecule has 0 amide bonds. The van der Waals surface area contributed by atoms with E-state index in [1.807, 2.05) is 18.2 Å². The molecule has 1 aromatic rings. The highest BCUT2D eigenvalue weighted by Gasteiger charge is 2.12. The lowest BCUT2D eigenvalue weighted by Crippen LogP contribution is -2.05. The van der Waals surface area contributed by atoms with Crippen LogP contribution in [0.5, 0.6) is 5.75 Å². The molecule has 0 saturated heterocycles. The molecule has 0 saturated carbocycles. The maximum Gasteiger partial charge on any atom is 0.121 e. The van der Waals surface area contributed by atoms with Crippen molar-refractivity contribution >= 4 is 12.6 Å². The minimum absolute atomic E-state index is 0.00826. The van der Waals surface area contributed by atoms with E-state index in [-0.39, 0.29) is 6.10 Å². The van der Waals surface area contributed by atoms with Crippen molar-refractivity contribution < 1.29 is 9.84 Å². The average Bonchev–Trinajstić information content (AvgIpc) is 2.26. The Kier molecular flexibility index (Phi) is 5.58. The summed E-state index contributed by atoms with van der Waals surface area (Å²) in [5.41, 5.74) is 0.874. The summed E-state index contributed by atoms with van der Waals surface area (Å²) in [5.74, 6) is 1.15. The molecule has 0 fully saturated rings. The molecule has 0 aliphatic carbocycles. The molecule has 0 heterocycles. The number of hydrogen-bond acceptors (Lipinski definition) is 3. The van der Waals surface area contributed by atoms with E-state index >= 15 is 0 Å². The number of hydrogen-bond donors (Lipinski definition) is 2. The smallest absolute Gasteiger partial charge is 0.121 e. The molecule has 0 aliphatic rings. The molecular formula is C12H18O2S. The van der Waals surface area contributed by atoms with Crippen LogP contribution in [0.25, 0.3) is 0 Å². The molecule has 2 nitrogen and oxygen atoms in total. The topological polar surface area (TPSA) is 29.5 Å². The molecule has 0 aliphatic heterocycles. The summed E-state index contributed by atoms with van der Waals surface area (Å²) in [6.45, 7) is 2.74. The van der Waals surface area contributed by atoms with Crippen LogP contribution in [0.15, 0.2) is 24.3 Å². The second-order valence-electron chi connectivity index (χ2n) is 3.40. The molecule has 1 unspecified atom stereocenters. The first kappa shape index (κ1) is 12.4. The molecule has 0 bridgehead atoms. The predicted octanol–water partition coefficient (Wildman–Crippen LogP) is 3.18. The molecule has 0 radical (unpaired) electrons. The van der Waals surface area contributed by atoms with Gasteiger partial charge in [-0.3, -0.25) is 0 Å². The van der Waals surface area contributed by atoms with Crippen LogP contribution >= 0.6 is 12.6 Å². The van der Waals surface area contributed by atoms with Gasteiger partial charge in [0.1, 0.15) is 5.75 Å². The van der Waals surface area contributed by atoms with E-state index in [1.165, 1.54) is 0 Å². The number of phenols is 1. The number of phenolic OH excluding ortho intramolecular Hbond substituents is 1.